The highest BCUT2D eigenvalue weighted by Crippen LogP contribution is 2.48. The van der Waals surface area contributed by atoms with Crippen LogP contribution in [-0.4, -0.2) is 5.97 Å². The van der Waals surface area contributed by atoms with Gasteiger partial charge in [0, 0.05) is 0 Å². The van der Waals surface area contributed by atoms with Crippen LogP contribution in [0.3, 0.4) is 0 Å². The molecule has 1 aliphatic rings. The van der Waals surface area contributed by atoms with E-state index in [1.54, 1.807) is 18.2 Å². The molecule has 2 aromatic rings. The molecule has 0 N–H and O–H groups in total. The third kappa shape index (κ3) is 2.54. The number of para-hydroxylation sites is 1. The lowest BCUT2D eigenvalue weighted by Crippen LogP contribution is -2.12. The zero-order valence-corrected chi connectivity index (χ0v) is 10.6. The summed E-state index contributed by atoms with van der Waals surface area (Å²) < 4.78 is 31.3. The van der Waals surface area contributed by atoms with Gasteiger partial charge in [0.1, 0.15) is 5.82 Å². The smallest absolute Gasteiger partial charge is 0.315 e. The Balaban J connectivity index is 1.66. The van der Waals surface area contributed by atoms with Crippen LogP contribution in [0, 0.1) is 17.6 Å². The number of ether oxygens (including phenoxy) is 1. The number of carbonyl (C=O) groups is 1. The molecule has 1 saturated carbocycles. The number of rotatable bonds is 3. The van der Waals surface area contributed by atoms with E-state index in [1.165, 1.54) is 30.3 Å². The lowest BCUT2D eigenvalue weighted by Gasteiger charge is -2.05. The van der Waals surface area contributed by atoms with Gasteiger partial charge in [0.25, 0.3) is 0 Å². The molecule has 20 heavy (non-hydrogen) atoms. The summed E-state index contributed by atoms with van der Waals surface area (Å²) in [4.78, 5) is 11.9. The molecule has 0 amide bonds. The van der Waals surface area contributed by atoms with Crippen molar-refractivity contribution in [1.82, 2.24) is 0 Å². The molecule has 0 heterocycles. The summed E-state index contributed by atoms with van der Waals surface area (Å²) in [6.07, 6.45) is 0.652. The molecule has 1 aliphatic carbocycles. The van der Waals surface area contributed by atoms with Gasteiger partial charge >= 0.3 is 5.97 Å². The van der Waals surface area contributed by atoms with Crippen LogP contribution in [-0.2, 0) is 4.79 Å². The Morgan fingerprint density at radius 3 is 2.45 bits per heavy atom. The van der Waals surface area contributed by atoms with E-state index in [1.807, 2.05) is 0 Å². The Kier molecular flexibility index (Phi) is 3.22. The lowest BCUT2D eigenvalue weighted by atomic mass is 10.1. The Hall–Kier alpha value is -2.23. The van der Waals surface area contributed by atoms with Crippen LogP contribution in [0.1, 0.15) is 17.9 Å². The standard InChI is InChI=1S/C16H12F2O2/c17-11-7-5-10(6-8-11)12-9-13(12)16(19)20-15-4-2-1-3-14(15)18/h1-8,12-13H,9H2. The van der Waals surface area contributed by atoms with Crippen molar-refractivity contribution in [2.75, 3.05) is 0 Å². The van der Waals surface area contributed by atoms with Gasteiger partial charge in [-0.25, -0.2) is 8.78 Å². The second kappa shape index (κ2) is 5.04. The Morgan fingerprint density at radius 1 is 1.05 bits per heavy atom. The molecule has 0 aliphatic heterocycles. The van der Waals surface area contributed by atoms with E-state index >= 15 is 0 Å². The van der Waals surface area contributed by atoms with Crippen molar-refractivity contribution in [3.05, 3.63) is 65.7 Å². The summed E-state index contributed by atoms with van der Waals surface area (Å²) >= 11 is 0. The zero-order valence-electron chi connectivity index (χ0n) is 10.6. The SMILES string of the molecule is O=C(Oc1ccccc1F)C1CC1c1ccc(F)cc1. The molecule has 0 saturated heterocycles. The van der Waals surface area contributed by atoms with Gasteiger partial charge in [0.05, 0.1) is 5.92 Å². The van der Waals surface area contributed by atoms with Crippen LogP contribution in [0.15, 0.2) is 48.5 Å². The van der Waals surface area contributed by atoms with Gasteiger partial charge in [0.15, 0.2) is 11.6 Å². The minimum absolute atomic E-state index is 0.0369. The summed E-state index contributed by atoms with van der Waals surface area (Å²) in [5.74, 6) is -1.60. The highest BCUT2D eigenvalue weighted by atomic mass is 19.1. The number of esters is 1. The van der Waals surface area contributed by atoms with Crippen LogP contribution in [0.4, 0.5) is 8.78 Å². The fourth-order valence-corrected chi connectivity index (χ4v) is 2.25. The van der Waals surface area contributed by atoms with Crippen molar-refractivity contribution in [2.24, 2.45) is 5.92 Å². The molecule has 1 fully saturated rings. The van der Waals surface area contributed by atoms with Gasteiger partial charge in [0.2, 0.25) is 0 Å². The first kappa shape index (κ1) is 12.8. The lowest BCUT2D eigenvalue weighted by molar-refractivity contribution is -0.136. The molecule has 2 aromatic carbocycles. The van der Waals surface area contributed by atoms with Crippen LogP contribution < -0.4 is 4.74 Å². The fraction of sp³-hybridized carbons (Fsp3) is 0.188. The highest BCUT2D eigenvalue weighted by molar-refractivity contribution is 5.79. The molecule has 0 radical (unpaired) electrons. The quantitative estimate of drug-likeness (QED) is 0.630. The number of halogens is 2. The normalized spacial score (nSPS) is 20.5. The van der Waals surface area contributed by atoms with Gasteiger partial charge in [-0.15, -0.1) is 0 Å². The third-order valence-corrected chi connectivity index (χ3v) is 3.44. The van der Waals surface area contributed by atoms with E-state index < -0.39 is 11.8 Å². The molecular weight excluding hydrogens is 262 g/mol. The Labute approximate surface area is 115 Å². The second-order valence-electron chi connectivity index (χ2n) is 4.85. The Morgan fingerprint density at radius 2 is 1.75 bits per heavy atom. The van der Waals surface area contributed by atoms with Crippen molar-refractivity contribution >= 4 is 5.97 Å². The third-order valence-electron chi connectivity index (χ3n) is 3.44. The first-order chi connectivity index (χ1) is 9.65. The van der Waals surface area contributed by atoms with E-state index in [4.69, 9.17) is 4.74 Å². The highest BCUT2D eigenvalue weighted by Gasteiger charge is 2.45. The summed E-state index contributed by atoms with van der Waals surface area (Å²) in [5.41, 5.74) is 0.905. The van der Waals surface area contributed by atoms with Crippen molar-refractivity contribution in [3.63, 3.8) is 0 Å². The average Bonchev–Trinajstić information content (AvgIpc) is 3.23. The molecule has 2 nitrogen and oxygen atoms in total. The fourth-order valence-electron chi connectivity index (χ4n) is 2.25. The monoisotopic (exact) mass is 274 g/mol. The maximum Gasteiger partial charge on any atom is 0.315 e. The van der Waals surface area contributed by atoms with E-state index in [0.717, 1.165) is 5.56 Å². The molecule has 0 bridgehead atoms. The van der Waals surface area contributed by atoms with Gasteiger partial charge in [-0.05, 0) is 42.2 Å². The number of carbonyl (C=O) groups excluding carboxylic acids is 1. The molecular formula is C16H12F2O2. The maximum atomic E-state index is 13.4. The molecule has 2 atom stereocenters. The Bertz CT molecular complexity index is 637. The molecule has 3 rings (SSSR count). The largest absolute Gasteiger partial charge is 0.423 e. The van der Waals surface area contributed by atoms with E-state index in [9.17, 15) is 13.6 Å². The van der Waals surface area contributed by atoms with Crippen LogP contribution >= 0.6 is 0 Å². The topological polar surface area (TPSA) is 26.3 Å². The predicted molar refractivity (Wildman–Crippen MR) is 69.3 cm³/mol. The summed E-state index contributed by atoms with van der Waals surface area (Å²) in [5, 5.41) is 0. The van der Waals surface area contributed by atoms with Gasteiger partial charge in [-0.3, -0.25) is 4.79 Å². The molecule has 0 spiro atoms. The van der Waals surface area contributed by atoms with Gasteiger partial charge in [-0.1, -0.05) is 24.3 Å². The maximum absolute atomic E-state index is 13.4. The van der Waals surface area contributed by atoms with Crippen LogP contribution in [0.5, 0.6) is 5.75 Å². The number of hydrogen-bond acceptors (Lipinski definition) is 2. The first-order valence-corrected chi connectivity index (χ1v) is 6.37. The van der Waals surface area contributed by atoms with E-state index in [0.29, 0.717) is 6.42 Å². The number of benzene rings is 2. The van der Waals surface area contributed by atoms with Gasteiger partial charge < -0.3 is 4.74 Å². The average molecular weight is 274 g/mol. The van der Waals surface area contributed by atoms with Crippen LogP contribution in [0.25, 0.3) is 0 Å². The zero-order chi connectivity index (χ0) is 14.1. The summed E-state index contributed by atoms with van der Waals surface area (Å²) in [6, 6.07) is 11.9. The minimum Gasteiger partial charge on any atom is -0.423 e. The molecule has 4 heteroatoms. The second-order valence-corrected chi connectivity index (χ2v) is 4.85. The summed E-state index contributed by atoms with van der Waals surface area (Å²) in [6.45, 7) is 0. The molecule has 102 valence electrons. The summed E-state index contributed by atoms with van der Waals surface area (Å²) in [7, 11) is 0. The molecule has 2 unspecified atom stereocenters. The minimum atomic E-state index is -0.556. The van der Waals surface area contributed by atoms with Crippen molar-refractivity contribution in [3.8, 4) is 5.75 Å². The van der Waals surface area contributed by atoms with Crippen LogP contribution in [0.2, 0.25) is 0 Å². The van der Waals surface area contributed by atoms with E-state index in [-0.39, 0.29) is 23.4 Å². The van der Waals surface area contributed by atoms with Crippen molar-refractivity contribution in [2.45, 2.75) is 12.3 Å². The van der Waals surface area contributed by atoms with Crippen molar-refractivity contribution < 1.29 is 18.3 Å². The van der Waals surface area contributed by atoms with Crippen molar-refractivity contribution in [1.29, 1.82) is 0 Å². The first-order valence-electron chi connectivity index (χ1n) is 6.37. The molecule has 0 aromatic heterocycles. The van der Waals surface area contributed by atoms with E-state index in [2.05, 4.69) is 0 Å². The predicted octanol–water partition coefficient (Wildman–Crippen LogP) is 3.67. The number of hydrogen-bond donors (Lipinski definition) is 0. The van der Waals surface area contributed by atoms with Gasteiger partial charge in [-0.2, -0.15) is 0 Å².